The van der Waals surface area contributed by atoms with Gasteiger partial charge in [0, 0.05) is 28.5 Å². The molecule has 0 spiro atoms. The predicted octanol–water partition coefficient (Wildman–Crippen LogP) is 3.88. The largest absolute Gasteiger partial charge is 0.396 e. The van der Waals surface area contributed by atoms with Crippen molar-refractivity contribution in [2.45, 2.75) is 50.0 Å². The molecule has 0 aliphatic rings. The molecule has 1 unspecified atom stereocenters. The van der Waals surface area contributed by atoms with E-state index in [0.29, 0.717) is 12.8 Å². The van der Waals surface area contributed by atoms with Crippen LogP contribution in [-0.4, -0.2) is 28.9 Å². The second-order valence-corrected chi connectivity index (χ2v) is 6.95. The van der Waals surface area contributed by atoms with Gasteiger partial charge in [-0.2, -0.15) is 0 Å². The van der Waals surface area contributed by atoms with E-state index in [1.807, 2.05) is 38.1 Å². The third-order valence-electron chi connectivity index (χ3n) is 3.52. The Hall–Kier alpha value is -0.710. The summed E-state index contributed by atoms with van der Waals surface area (Å²) in [5, 5.41) is 12.8. The molecule has 1 rings (SSSR count). The van der Waals surface area contributed by atoms with Crippen LogP contribution in [0.2, 0.25) is 5.02 Å². The minimum Gasteiger partial charge on any atom is -0.396 e. The standard InChI is InChI=1S/C16H24ClNO2S/c1-3-16(2,10-11-19)18-15(20)5-4-12-21-14-8-6-13(17)7-9-14/h6-9,19H,3-5,10-12H2,1-2H3,(H,18,20). The lowest BCUT2D eigenvalue weighted by molar-refractivity contribution is -0.123. The summed E-state index contributed by atoms with van der Waals surface area (Å²) >= 11 is 7.56. The van der Waals surface area contributed by atoms with Crippen LogP contribution in [0.25, 0.3) is 0 Å². The number of amides is 1. The molecule has 0 aliphatic carbocycles. The van der Waals surface area contributed by atoms with Crippen molar-refractivity contribution in [1.29, 1.82) is 0 Å². The second kappa shape index (κ2) is 9.34. The van der Waals surface area contributed by atoms with E-state index in [9.17, 15) is 4.79 Å². The van der Waals surface area contributed by atoms with Crippen molar-refractivity contribution in [3.8, 4) is 0 Å². The van der Waals surface area contributed by atoms with Crippen molar-refractivity contribution >= 4 is 29.3 Å². The lowest BCUT2D eigenvalue weighted by Gasteiger charge is -2.29. The summed E-state index contributed by atoms with van der Waals surface area (Å²) in [4.78, 5) is 13.1. The number of aliphatic hydroxyl groups is 1. The molecule has 0 fully saturated rings. The van der Waals surface area contributed by atoms with E-state index in [-0.39, 0.29) is 18.1 Å². The van der Waals surface area contributed by atoms with Crippen molar-refractivity contribution in [3.05, 3.63) is 29.3 Å². The number of nitrogens with one attached hydrogen (secondary N) is 1. The lowest BCUT2D eigenvalue weighted by atomic mass is 9.94. The van der Waals surface area contributed by atoms with E-state index in [0.717, 1.165) is 23.6 Å². The fourth-order valence-corrected chi connectivity index (χ4v) is 2.91. The number of halogens is 1. The van der Waals surface area contributed by atoms with Gasteiger partial charge >= 0.3 is 0 Å². The number of carbonyl (C=O) groups excluding carboxylic acids is 1. The van der Waals surface area contributed by atoms with Crippen LogP contribution in [0.4, 0.5) is 0 Å². The van der Waals surface area contributed by atoms with Crippen LogP contribution in [-0.2, 0) is 4.79 Å². The molecule has 0 radical (unpaired) electrons. The van der Waals surface area contributed by atoms with Gasteiger partial charge in [0.2, 0.25) is 5.91 Å². The Morgan fingerprint density at radius 2 is 2.05 bits per heavy atom. The minimum absolute atomic E-state index is 0.0597. The van der Waals surface area contributed by atoms with Crippen LogP contribution in [0, 0.1) is 0 Å². The molecule has 0 bridgehead atoms. The number of carbonyl (C=O) groups is 1. The van der Waals surface area contributed by atoms with Crippen molar-refractivity contribution in [1.82, 2.24) is 5.32 Å². The Kier molecular flexibility index (Phi) is 8.15. The zero-order valence-corrected chi connectivity index (χ0v) is 14.3. The van der Waals surface area contributed by atoms with Gasteiger partial charge in [-0.3, -0.25) is 4.79 Å². The Labute approximate surface area is 136 Å². The van der Waals surface area contributed by atoms with Crippen LogP contribution in [0.3, 0.4) is 0 Å². The molecule has 0 heterocycles. The maximum Gasteiger partial charge on any atom is 0.220 e. The average molecular weight is 330 g/mol. The van der Waals surface area contributed by atoms with Crippen molar-refractivity contribution < 1.29 is 9.90 Å². The molecule has 0 aromatic heterocycles. The van der Waals surface area contributed by atoms with Crippen molar-refractivity contribution in [2.75, 3.05) is 12.4 Å². The summed E-state index contributed by atoms with van der Waals surface area (Å²) in [7, 11) is 0. The number of hydrogen-bond donors (Lipinski definition) is 2. The summed E-state index contributed by atoms with van der Waals surface area (Å²) < 4.78 is 0. The predicted molar refractivity (Wildman–Crippen MR) is 90.0 cm³/mol. The van der Waals surface area contributed by atoms with E-state index >= 15 is 0 Å². The number of hydrogen-bond acceptors (Lipinski definition) is 3. The second-order valence-electron chi connectivity index (χ2n) is 5.34. The normalized spacial score (nSPS) is 13.7. The summed E-state index contributed by atoms with van der Waals surface area (Å²) in [5.41, 5.74) is -0.296. The van der Waals surface area contributed by atoms with Gasteiger partial charge in [0.05, 0.1) is 0 Å². The SMILES string of the molecule is CCC(C)(CCO)NC(=O)CCCSc1ccc(Cl)cc1. The molecule has 1 amide bonds. The first-order valence-electron chi connectivity index (χ1n) is 7.29. The van der Waals surface area contributed by atoms with Gasteiger partial charge in [-0.15, -0.1) is 11.8 Å². The van der Waals surface area contributed by atoms with Crippen LogP contribution >= 0.6 is 23.4 Å². The maximum atomic E-state index is 11.9. The average Bonchev–Trinajstić information content (AvgIpc) is 2.45. The smallest absolute Gasteiger partial charge is 0.220 e. The molecule has 21 heavy (non-hydrogen) atoms. The number of benzene rings is 1. The van der Waals surface area contributed by atoms with E-state index in [2.05, 4.69) is 5.32 Å². The van der Waals surface area contributed by atoms with Gasteiger partial charge in [0.15, 0.2) is 0 Å². The zero-order chi connectivity index (χ0) is 15.7. The lowest BCUT2D eigenvalue weighted by Crippen LogP contribution is -2.46. The quantitative estimate of drug-likeness (QED) is 0.534. The molecule has 1 aromatic rings. The molecule has 1 aromatic carbocycles. The molecule has 5 heteroatoms. The van der Waals surface area contributed by atoms with E-state index < -0.39 is 0 Å². The monoisotopic (exact) mass is 329 g/mol. The highest BCUT2D eigenvalue weighted by Crippen LogP contribution is 2.21. The summed E-state index contributed by atoms with van der Waals surface area (Å²) in [6.45, 7) is 4.09. The third kappa shape index (κ3) is 7.21. The minimum atomic E-state index is -0.296. The molecule has 0 saturated carbocycles. The summed E-state index contributed by atoms with van der Waals surface area (Å²) in [6, 6.07) is 7.72. The Bertz CT molecular complexity index is 438. The molecular weight excluding hydrogens is 306 g/mol. The molecular formula is C16H24ClNO2S. The summed E-state index contributed by atoms with van der Waals surface area (Å²) in [5.74, 6) is 0.960. The first-order valence-corrected chi connectivity index (χ1v) is 8.65. The Morgan fingerprint density at radius 3 is 2.62 bits per heavy atom. The number of aliphatic hydroxyl groups excluding tert-OH is 1. The van der Waals surface area contributed by atoms with Crippen LogP contribution in [0.15, 0.2) is 29.2 Å². The third-order valence-corrected chi connectivity index (χ3v) is 4.87. The van der Waals surface area contributed by atoms with E-state index in [1.165, 1.54) is 4.90 Å². The van der Waals surface area contributed by atoms with E-state index in [1.54, 1.807) is 11.8 Å². The topological polar surface area (TPSA) is 49.3 Å². The molecule has 3 nitrogen and oxygen atoms in total. The molecule has 0 saturated heterocycles. The molecule has 0 aliphatic heterocycles. The first-order chi connectivity index (χ1) is 9.99. The van der Waals surface area contributed by atoms with Gasteiger partial charge in [-0.05, 0) is 56.2 Å². The summed E-state index contributed by atoms with van der Waals surface area (Å²) in [6.07, 6.45) is 2.76. The Balaban J connectivity index is 2.25. The van der Waals surface area contributed by atoms with Gasteiger partial charge < -0.3 is 10.4 Å². The van der Waals surface area contributed by atoms with Gasteiger partial charge in [-0.25, -0.2) is 0 Å². The zero-order valence-electron chi connectivity index (χ0n) is 12.7. The number of thioether (sulfide) groups is 1. The van der Waals surface area contributed by atoms with Crippen molar-refractivity contribution in [3.63, 3.8) is 0 Å². The fraction of sp³-hybridized carbons (Fsp3) is 0.562. The van der Waals surface area contributed by atoms with Crippen LogP contribution in [0.5, 0.6) is 0 Å². The Morgan fingerprint density at radius 1 is 1.38 bits per heavy atom. The van der Waals surface area contributed by atoms with E-state index in [4.69, 9.17) is 16.7 Å². The fourth-order valence-electron chi connectivity index (χ4n) is 1.93. The van der Waals surface area contributed by atoms with Crippen LogP contribution in [0.1, 0.15) is 39.5 Å². The number of rotatable bonds is 9. The van der Waals surface area contributed by atoms with Crippen LogP contribution < -0.4 is 5.32 Å². The molecule has 1 atom stereocenters. The molecule has 118 valence electrons. The van der Waals surface area contributed by atoms with Gasteiger partial charge in [0.1, 0.15) is 0 Å². The van der Waals surface area contributed by atoms with Crippen molar-refractivity contribution in [2.24, 2.45) is 0 Å². The van der Waals surface area contributed by atoms with Gasteiger partial charge in [0.25, 0.3) is 0 Å². The highest BCUT2D eigenvalue weighted by atomic mass is 35.5. The van der Waals surface area contributed by atoms with Gasteiger partial charge in [-0.1, -0.05) is 18.5 Å². The highest BCUT2D eigenvalue weighted by molar-refractivity contribution is 7.99. The maximum absolute atomic E-state index is 11.9. The molecule has 2 N–H and O–H groups in total. The highest BCUT2D eigenvalue weighted by Gasteiger charge is 2.23. The first kappa shape index (κ1) is 18.3.